The molecule has 10 nitrogen and oxygen atoms in total. The zero-order valence-corrected chi connectivity index (χ0v) is 15.1. The molecule has 1 aliphatic rings. The maximum Gasteiger partial charge on any atom is 0.325 e. The third-order valence-electron chi connectivity index (χ3n) is 3.90. The molecule has 0 bridgehead atoms. The highest BCUT2D eigenvalue weighted by atomic mass is 32.2. The summed E-state index contributed by atoms with van der Waals surface area (Å²) in [6.45, 7) is 0.986. The summed E-state index contributed by atoms with van der Waals surface area (Å²) in [7, 11) is -3.62. The fourth-order valence-electron chi connectivity index (χ4n) is 2.56. The Labute approximate surface area is 155 Å². The minimum atomic E-state index is -3.62. The van der Waals surface area contributed by atoms with Crippen LogP contribution in [0.3, 0.4) is 0 Å². The highest BCUT2D eigenvalue weighted by Crippen LogP contribution is 2.18. The quantitative estimate of drug-likeness (QED) is 0.717. The van der Waals surface area contributed by atoms with Gasteiger partial charge in [0.1, 0.15) is 6.54 Å². The van der Waals surface area contributed by atoms with Crippen LogP contribution in [0.5, 0.6) is 0 Å². The first kappa shape index (κ1) is 19.0. The fourth-order valence-corrected chi connectivity index (χ4v) is 3.97. The number of anilines is 1. The molecule has 0 unspecified atom stereocenters. The van der Waals surface area contributed by atoms with Gasteiger partial charge in [-0.3, -0.25) is 14.3 Å². The van der Waals surface area contributed by atoms with E-state index < -0.39 is 21.9 Å². The number of aliphatic carboxylic acids is 1. The van der Waals surface area contributed by atoms with Gasteiger partial charge in [0, 0.05) is 30.9 Å². The Bertz CT molecular complexity index is 932. The van der Waals surface area contributed by atoms with Gasteiger partial charge in [0.25, 0.3) is 5.91 Å². The number of carbonyl (C=O) groups is 2. The van der Waals surface area contributed by atoms with Crippen LogP contribution in [0, 0.1) is 0 Å². The van der Waals surface area contributed by atoms with Gasteiger partial charge in [-0.2, -0.15) is 9.40 Å². The van der Waals surface area contributed by atoms with Crippen LogP contribution in [0.25, 0.3) is 0 Å². The molecule has 2 heterocycles. The predicted molar refractivity (Wildman–Crippen MR) is 93.8 cm³/mol. The van der Waals surface area contributed by atoms with Gasteiger partial charge in [-0.1, -0.05) is 0 Å². The number of benzene rings is 1. The summed E-state index contributed by atoms with van der Waals surface area (Å²) in [6, 6.07) is 7.05. The summed E-state index contributed by atoms with van der Waals surface area (Å²) >= 11 is 0. The van der Waals surface area contributed by atoms with Crippen molar-refractivity contribution in [1.29, 1.82) is 0 Å². The molecule has 1 aromatic carbocycles. The number of nitrogens with zero attached hydrogens (tertiary/aromatic N) is 3. The predicted octanol–water partition coefficient (Wildman–Crippen LogP) is 0.241. The molecule has 1 fully saturated rings. The van der Waals surface area contributed by atoms with Crippen LogP contribution in [0.2, 0.25) is 0 Å². The van der Waals surface area contributed by atoms with Crippen molar-refractivity contribution in [3.63, 3.8) is 0 Å². The van der Waals surface area contributed by atoms with E-state index in [1.165, 1.54) is 45.5 Å². The number of carboxylic acid groups (broad SMARTS) is 1. The van der Waals surface area contributed by atoms with Crippen molar-refractivity contribution >= 4 is 27.7 Å². The monoisotopic (exact) mass is 394 g/mol. The van der Waals surface area contributed by atoms with Crippen LogP contribution < -0.4 is 5.32 Å². The van der Waals surface area contributed by atoms with E-state index in [4.69, 9.17) is 9.84 Å². The Kier molecular flexibility index (Phi) is 5.54. The Balaban J connectivity index is 1.68. The summed E-state index contributed by atoms with van der Waals surface area (Å²) in [6.07, 6.45) is 1.43. The molecule has 0 aliphatic carbocycles. The molecule has 3 rings (SSSR count). The number of carboxylic acids is 1. The summed E-state index contributed by atoms with van der Waals surface area (Å²) in [5.41, 5.74) is 0.253. The molecule has 1 aromatic heterocycles. The van der Waals surface area contributed by atoms with Gasteiger partial charge >= 0.3 is 5.97 Å². The molecule has 1 saturated heterocycles. The normalized spacial score (nSPS) is 15.4. The van der Waals surface area contributed by atoms with E-state index >= 15 is 0 Å². The third-order valence-corrected chi connectivity index (χ3v) is 5.82. The number of amides is 1. The van der Waals surface area contributed by atoms with Gasteiger partial charge in [-0.25, -0.2) is 8.42 Å². The second-order valence-electron chi connectivity index (χ2n) is 5.79. The van der Waals surface area contributed by atoms with Gasteiger partial charge < -0.3 is 15.2 Å². The molecule has 0 radical (unpaired) electrons. The van der Waals surface area contributed by atoms with Crippen molar-refractivity contribution in [1.82, 2.24) is 14.1 Å². The average Bonchev–Trinajstić information content (AvgIpc) is 3.08. The maximum absolute atomic E-state index is 12.6. The first-order valence-electron chi connectivity index (χ1n) is 8.11. The van der Waals surface area contributed by atoms with Crippen molar-refractivity contribution in [3.05, 3.63) is 42.1 Å². The molecular formula is C16H18N4O6S. The first-order chi connectivity index (χ1) is 12.9. The molecule has 2 aromatic rings. The lowest BCUT2D eigenvalue weighted by Crippen LogP contribution is -2.40. The number of morpholine rings is 1. The van der Waals surface area contributed by atoms with Crippen LogP contribution >= 0.6 is 0 Å². The summed E-state index contributed by atoms with van der Waals surface area (Å²) in [4.78, 5) is 23.0. The van der Waals surface area contributed by atoms with E-state index in [1.807, 2.05) is 0 Å². The van der Waals surface area contributed by atoms with E-state index in [2.05, 4.69) is 10.4 Å². The summed E-state index contributed by atoms with van der Waals surface area (Å²) in [5, 5.41) is 15.2. The maximum atomic E-state index is 12.6. The molecule has 1 amide bonds. The summed E-state index contributed by atoms with van der Waals surface area (Å²) < 4.78 is 32.8. The summed E-state index contributed by atoms with van der Waals surface area (Å²) in [5.74, 6) is -1.33. The van der Waals surface area contributed by atoms with Gasteiger partial charge in [0.15, 0.2) is 5.82 Å². The van der Waals surface area contributed by atoms with Crippen LogP contribution in [-0.2, 0) is 26.1 Å². The Hall–Kier alpha value is -2.76. The number of hydrogen-bond donors (Lipinski definition) is 2. The largest absolute Gasteiger partial charge is 0.480 e. The Morgan fingerprint density at radius 3 is 2.44 bits per heavy atom. The number of hydrogen-bond acceptors (Lipinski definition) is 6. The molecule has 11 heteroatoms. The van der Waals surface area contributed by atoms with E-state index in [0.717, 1.165) is 0 Å². The third kappa shape index (κ3) is 4.51. The van der Waals surface area contributed by atoms with Crippen molar-refractivity contribution in [2.24, 2.45) is 0 Å². The zero-order valence-electron chi connectivity index (χ0n) is 14.2. The SMILES string of the molecule is O=C(O)Cn1ccc(NC(=O)c2ccc(S(=O)(=O)N3CCOCC3)cc2)n1. The Morgan fingerprint density at radius 2 is 1.81 bits per heavy atom. The van der Waals surface area contributed by atoms with Crippen molar-refractivity contribution in [2.45, 2.75) is 11.4 Å². The minimum Gasteiger partial charge on any atom is -0.480 e. The number of sulfonamides is 1. The van der Waals surface area contributed by atoms with Crippen LogP contribution in [0.4, 0.5) is 5.82 Å². The highest BCUT2D eigenvalue weighted by Gasteiger charge is 2.26. The average molecular weight is 394 g/mol. The lowest BCUT2D eigenvalue weighted by molar-refractivity contribution is -0.137. The lowest BCUT2D eigenvalue weighted by Gasteiger charge is -2.26. The van der Waals surface area contributed by atoms with Gasteiger partial charge in [0.2, 0.25) is 10.0 Å². The topological polar surface area (TPSA) is 131 Å². The molecule has 0 atom stereocenters. The molecule has 0 spiro atoms. The van der Waals surface area contributed by atoms with Gasteiger partial charge in [-0.05, 0) is 24.3 Å². The van der Waals surface area contributed by atoms with E-state index in [0.29, 0.717) is 26.3 Å². The van der Waals surface area contributed by atoms with Gasteiger partial charge in [0.05, 0.1) is 18.1 Å². The van der Waals surface area contributed by atoms with E-state index in [1.54, 1.807) is 0 Å². The molecule has 2 N–H and O–H groups in total. The number of nitrogens with one attached hydrogen (secondary N) is 1. The molecule has 1 aliphatic heterocycles. The van der Waals surface area contributed by atoms with Crippen molar-refractivity contribution in [3.8, 4) is 0 Å². The van der Waals surface area contributed by atoms with Crippen molar-refractivity contribution < 1.29 is 27.9 Å². The van der Waals surface area contributed by atoms with Crippen LogP contribution in [-0.4, -0.2) is 65.8 Å². The Morgan fingerprint density at radius 1 is 1.15 bits per heavy atom. The zero-order chi connectivity index (χ0) is 19.4. The number of aromatic nitrogens is 2. The molecule has 0 saturated carbocycles. The van der Waals surface area contributed by atoms with Crippen LogP contribution in [0.15, 0.2) is 41.4 Å². The van der Waals surface area contributed by atoms with Crippen molar-refractivity contribution in [2.75, 3.05) is 31.6 Å². The molecular weight excluding hydrogens is 376 g/mol. The molecule has 27 heavy (non-hydrogen) atoms. The smallest absolute Gasteiger partial charge is 0.325 e. The highest BCUT2D eigenvalue weighted by molar-refractivity contribution is 7.89. The van der Waals surface area contributed by atoms with Gasteiger partial charge in [-0.15, -0.1) is 0 Å². The standard InChI is InChI=1S/C16H18N4O6S/c21-15(22)11-19-6-5-14(18-19)17-16(23)12-1-3-13(4-2-12)27(24,25)20-7-9-26-10-8-20/h1-6H,7-11H2,(H,21,22)(H,17,18,23). The van der Waals surface area contributed by atoms with Crippen LogP contribution in [0.1, 0.15) is 10.4 Å². The molecule has 144 valence electrons. The fraction of sp³-hybridized carbons (Fsp3) is 0.312. The second kappa shape index (κ2) is 7.86. The van der Waals surface area contributed by atoms with E-state index in [9.17, 15) is 18.0 Å². The number of ether oxygens (including phenoxy) is 1. The number of rotatable bonds is 6. The lowest BCUT2D eigenvalue weighted by atomic mass is 10.2. The minimum absolute atomic E-state index is 0.103. The number of carbonyl (C=O) groups excluding carboxylic acids is 1. The first-order valence-corrected chi connectivity index (χ1v) is 9.55. The second-order valence-corrected chi connectivity index (χ2v) is 7.73. The van der Waals surface area contributed by atoms with E-state index in [-0.39, 0.29) is 22.8 Å².